The maximum absolute atomic E-state index is 11.6. The van der Waals surface area contributed by atoms with Crippen molar-refractivity contribution < 1.29 is 14.7 Å². The molecule has 0 heterocycles. The van der Waals surface area contributed by atoms with Gasteiger partial charge in [0.05, 0.1) is 0 Å². The molecular weight excluding hydrogens is 208 g/mol. The van der Waals surface area contributed by atoms with Gasteiger partial charge in [0.1, 0.15) is 6.04 Å². The van der Waals surface area contributed by atoms with Crippen LogP contribution in [0.2, 0.25) is 0 Å². The fourth-order valence-corrected chi connectivity index (χ4v) is 1.09. The van der Waals surface area contributed by atoms with Crippen molar-refractivity contribution in [2.24, 2.45) is 5.92 Å². The van der Waals surface area contributed by atoms with Crippen LogP contribution in [0.1, 0.15) is 41.0 Å². The summed E-state index contributed by atoms with van der Waals surface area (Å²) in [4.78, 5) is 22.4. The van der Waals surface area contributed by atoms with E-state index in [2.05, 4.69) is 10.6 Å². The van der Waals surface area contributed by atoms with Crippen LogP contribution >= 0.6 is 0 Å². The Morgan fingerprint density at radius 2 is 1.81 bits per heavy atom. The number of urea groups is 1. The topological polar surface area (TPSA) is 78.4 Å². The summed E-state index contributed by atoms with van der Waals surface area (Å²) in [5.41, 5.74) is -0.329. The Hall–Kier alpha value is -1.26. The summed E-state index contributed by atoms with van der Waals surface area (Å²) in [5.74, 6) is -1.16. The SMILES string of the molecule is CCC(C)(C)NC(=O)NC(C(=O)O)C(C)C. The van der Waals surface area contributed by atoms with Gasteiger partial charge in [-0.3, -0.25) is 0 Å². The highest BCUT2D eigenvalue weighted by Gasteiger charge is 2.25. The fraction of sp³-hybridized carbons (Fsp3) is 0.818. The van der Waals surface area contributed by atoms with E-state index in [1.165, 1.54) is 0 Å². The second kappa shape index (κ2) is 5.72. The molecule has 0 saturated carbocycles. The van der Waals surface area contributed by atoms with E-state index in [-0.39, 0.29) is 11.5 Å². The average molecular weight is 230 g/mol. The van der Waals surface area contributed by atoms with Gasteiger partial charge in [-0.05, 0) is 26.2 Å². The quantitative estimate of drug-likeness (QED) is 0.671. The third-order valence-corrected chi connectivity index (χ3v) is 2.56. The zero-order valence-corrected chi connectivity index (χ0v) is 10.6. The molecule has 0 aromatic rings. The van der Waals surface area contributed by atoms with Crippen LogP contribution in [0.3, 0.4) is 0 Å². The van der Waals surface area contributed by atoms with Gasteiger partial charge in [0.15, 0.2) is 0 Å². The Morgan fingerprint density at radius 3 is 2.12 bits per heavy atom. The Kier molecular flexibility index (Phi) is 5.27. The Balaban J connectivity index is 4.37. The van der Waals surface area contributed by atoms with Crippen LogP contribution < -0.4 is 10.6 Å². The lowest BCUT2D eigenvalue weighted by atomic mass is 10.0. The largest absolute Gasteiger partial charge is 0.480 e. The standard InChI is InChI=1S/C11H22N2O3/c1-6-11(4,5)13-10(16)12-8(7(2)3)9(14)15/h7-8H,6H2,1-5H3,(H,14,15)(H2,12,13,16). The van der Waals surface area contributed by atoms with Crippen molar-refractivity contribution in [1.82, 2.24) is 10.6 Å². The number of carboxylic acid groups (broad SMARTS) is 1. The highest BCUT2D eigenvalue weighted by molar-refractivity contribution is 5.83. The molecule has 1 atom stereocenters. The molecule has 2 amide bonds. The van der Waals surface area contributed by atoms with Gasteiger partial charge in [0, 0.05) is 5.54 Å². The first-order chi connectivity index (χ1) is 7.19. The number of carbonyl (C=O) groups excluding carboxylic acids is 1. The van der Waals surface area contributed by atoms with Gasteiger partial charge in [0.2, 0.25) is 0 Å². The molecule has 0 rings (SSSR count). The van der Waals surface area contributed by atoms with E-state index >= 15 is 0 Å². The predicted octanol–water partition coefficient (Wildman–Crippen LogP) is 1.58. The second-order valence-electron chi connectivity index (χ2n) is 4.90. The van der Waals surface area contributed by atoms with Crippen LogP contribution in [0.5, 0.6) is 0 Å². The van der Waals surface area contributed by atoms with Crippen molar-refractivity contribution in [2.75, 3.05) is 0 Å². The van der Waals surface area contributed by atoms with E-state index < -0.39 is 18.0 Å². The number of hydrogen-bond acceptors (Lipinski definition) is 2. The fourth-order valence-electron chi connectivity index (χ4n) is 1.09. The summed E-state index contributed by atoms with van der Waals surface area (Å²) in [6, 6.07) is -1.29. The van der Waals surface area contributed by atoms with Crippen LogP contribution in [0, 0.1) is 5.92 Å². The van der Waals surface area contributed by atoms with Crippen LogP contribution in [0.4, 0.5) is 4.79 Å². The molecule has 0 aromatic carbocycles. The lowest BCUT2D eigenvalue weighted by molar-refractivity contribution is -0.140. The summed E-state index contributed by atoms with van der Waals surface area (Å²) in [7, 11) is 0. The van der Waals surface area contributed by atoms with Crippen molar-refractivity contribution in [2.45, 2.75) is 52.6 Å². The summed E-state index contributed by atoms with van der Waals surface area (Å²) < 4.78 is 0. The first kappa shape index (κ1) is 14.7. The Labute approximate surface area is 96.6 Å². The molecule has 0 spiro atoms. The number of aliphatic carboxylic acids is 1. The molecule has 0 saturated heterocycles. The van der Waals surface area contributed by atoms with E-state index in [1.807, 2.05) is 20.8 Å². The van der Waals surface area contributed by atoms with Crippen LogP contribution in [-0.2, 0) is 4.79 Å². The molecule has 94 valence electrons. The molecule has 3 N–H and O–H groups in total. The zero-order chi connectivity index (χ0) is 12.9. The molecule has 0 bridgehead atoms. The molecule has 5 heteroatoms. The number of nitrogens with one attached hydrogen (secondary N) is 2. The van der Waals surface area contributed by atoms with E-state index in [4.69, 9.17) is 5.11 Å². The number of amides is 2. The van der Waals surface area contributed by atoms with Gasteiger partial charge in [-0.15, -0.1) is 0 Å². The molecule has 5 nitrogen and oxygen atoms in total. The van der Waals surface area contributed by atoms with Gasteiger partial charge >= 0.3 is 12.0 Å². The first-order valence-corrected chi connectivity index (χ1v) is 5.51. The number of carboxylic acids is 1. The van der Waals surface area contributed by atoms with E-state index in [1.54, 1.807) is 13.8 Å². The third kappa shape index (κ3) is 5.00. The highest BCUT2D eigenvalue weighted by atomic mass is 16.4. The third-order valence-electron chi connectivity index (χ3n) is 2.56. The minimum atomic E-state index is -1.01. The molecular formula is C11H22N2O3. The Bertz CT molecular complexity index is 262. The van der Waals surface area contributed by atoms with Crippen molar-refractivity contribution in [1.29, 1.82) is 0 Å². The minimum absolute atomic E-state index is 0.145. The second-order valence-corrected chi connectivity index (χ2v) is 4.90. The van der Waals surface area contributed by atoms with Crippen LogP contribution in [0.15, 0.2) is 0 Å². The van der Waals surface area contributed by atoms with E-state index in [0.29, 0.717) is 0 Å². The van der Waals surface area contributed by atoms with E-state index in [0.717, 1.165) is 6.42 Å². The van der Waals surface area contributed by atoms with Crippen LogP contribution in [0.25, 0.3) is 0 Å². The monoisotopic (exact) mass is 230 g/mol. The lowest BCUT2D eigenvalue weighted by Gasteiger charge is -2.26. The van der Waals surface area contributed by atoms with Gasteiger partial charge in [0.25, 0.3) is 0 Å². The molecule has 0 aromatic heterocycles. The lowest BCUT2D eigenvalue weighted by Crippen LogP contribution is -2.53. The van der Waals surface area contributed by atoms with Gasteiger partial charge in [-0.1, -0.05) is 20.8 Å². The number of rotatable bonds is 5. The summed E-state index contributed by atoms with van der Waals surface area (Å²) >= 11 is 0. The van der Waals surface area contributed by atoms with E-state index in [9.17, 15) is 9.59 Å². The smallest absolute Gasteiger partial charge is 0.326 e. The van der Waals surface area contributed by atoms with Gasteiger partial charge < -0.3 is 15.7 Å². The molecule has 0 radical (unpaired) electrons. The average Bonchev–Trinajstić information content (AvgIpc) is 2.12. The predicted molar refractivity (Wildman–Crippen MR) is 62.3 cm³/mol. The zero-order valence-electron chi connectivity index (χ0n) is 10.6. The summed E-state index contributed by atoms with van der Waals surface area (Å²) in [5, 5.41) is 14.1. The maximum Gasteiger partial charge on any atom is 0.326 e. The first-order valence-electron chi connectivity index (χ1n) is 5.51. The van der Waals surface area contributed by atoms with Gasteiger partial charge in [-0.25, -0.2) is 9.59 Å². The summed E-state index contributed by atoms with van der Waals surface area (Å²) in [6.07, 6.45) is 0.778. The normalized spacial score (nSPS) is 13.4. The molecule has 0 aliphatic rings. The molecule has 0 aliphatic carbocycles. The molecule has 0 fully saturated rings. The van der Waals surface area contributed by atoms with Crippen molar-refractivity contribution in [3.05, 3.63) is 0 Å². The molecule has 0 aliphatic heterocycles. The molecule has 1 unspecified atom stereocenters. The van der Waals surface area contributed by atoms with Crippen molar-refractivity contribution >= 4 is 12.0 Å². The highest BCUT2D eigenvalue weighted by Crippen LogP contribution is 2.07. The molecule has 16 heavy (non-hydrogen) atoms. The number of carbonyl (C=O) groups is 2. The number of hydrogen-bond donors (Lipinski definition) is 3. The van der Waals surface area contributed by atoms with Crippen molar-refractivity contribution in [3.63, 3.8) is 0 Å². The van der Waals surface area contributed by atoms with Gasteiger partial charge in [-0.2, -0.15) is 0 Å². The Morgan fingerprint density at radius 1 is 1.31 bits per heavy atom. The van der Waals surface area contributed by atoms with Crippen molar-refractivity contribution in [3.8, 4) is 0 Å². The van der Waals surface area contributed by atoms with Crippen LogP contribution in [-0.4, -0.2) is 28.7 Å². The minimum Gasteiger partial charge on any atom is -0.480 e. The maximum atomic E-state index is 11.6. The summed E-state index contributed by atoms with van der Waals surface area (Å²) in [6.45, 7) is 9.24.